The van der Waals surface area contributed by atoms with E-state index in [9.17, 15) is 9.59 Å². The van der Waals surface area contributed by atoms with Gasteiger partial charge in [-0.15, -0.1) is 0 Å². The average molecular weight is 433 g/mol. The summed E-state index contributed by atoms with van der Waals surface area (Å²) >= 11 is 6.19. The molecule has 5 nitrogen and oxygen atoms in total. The molecule has 0 fully saturated rings. The number of aryl methyl sites for hydroxylation is 1. The zero-order valence-electron chi connectivity index (χ0n) is 17.4. The zero-order valence-corrected chi connectivity index (χ0v) is 18.2. The van der Waals surface area contributed by atoms with Crippen LogP contribution >= 0.6 is 11.6 Å². The van der Waals surface area contributed by atoms with Crippen LogP contribution in [0.4, 0.5) is 11.4 Å². The lowest BCUT2D eigenvalue weighted by Gasteiger charge is -2.22. The van der Waals surface area contributed by atoms with E-state index in [0.717, 1.165) is 11.3 Å². The van der Waals surface area contributed by atoms with Gasteiger partial charge in [0.05, 0.1) is 18.4 Å². The van der Waals surface area contributed by atoms with Crippen molar-refractivity contribution >= 4 is 40.4 Å². The maximum Gasteiger partial charge on any atom is 0.282 e. The number of hydrogen-bond acceptors (Lipinski definition) is 4. The van der Waals surface area contributed by atoms with Crippen LogP contribution in [0.5, 0.6) is 5.75 Å². The molecule has 0 spiro atoms. The molecule has 0 N–H and O–H groups in total. The Balaban J connectivity index is 1.89. The Morgan fingerprint density at radius 2 is 1.58 bits per heavy atom. The minimum atomic E-state index is -0.396. The van der Waals surface area contributed by atoms with E-state index in [1.54, 1.807) is 61.5 Å². The molecule has 0 saturated carbocycles. The Labute approximate surface area is 186 Å². The highest BCUT2D eigenvalue weighted by molar-refractivity contribution is 6.46. The van der Waals surface area contributed by atoms with Crippen LogP contribution in [0.3, 0.4) is 0 Å². The number of benzene rings is 3. The third-order valence-corrected chi connectivity index (χ3v) is 5.56. The predicted molar refractivity (Wildman–Crippen MR) is 123 cm³/mol. The van der Waals surface area contributed by atoms with Gasteiger partial charge < -0.3 is 9.64 Å². The highest BCUT2D eigenvalue weighted by Crippen LogP contribution is 2.38. The fraction of sp³-hybridized carbons (Fsp3) is 0.120. The molecule has 0 aromatic heterocycles. The predicted octanol–water partition coefficient (Wildman–Crippen LogP) is 5.08. The molecular formula is C25H21ClN2O3. The van der Waals surface area contributed by atoms with E-state index in [2.05, 4.69) is 0 Å². The van der Waals surface area contributed by atoms with E-state index in [1.165, 1.54) is 4.90 Å². The number of para-hydroxylation sites is 1. The fourth-order valence-electron chi connectivity index (χ4n) is 3.67. The number of halogens is 1. The van der Waals surface area contributed by atoms with Gasteiger partial charge in [0.1, 0.15) is 11.4 Å². The highest BCUT2D eigenvalue weighted by Gasteiger charge is 2.42. The third kappa shape index (κ3) is 3.68. The molecule has 31 heavy (non-hydrogen) atoms. The Morgan fingerprint density at radius 3 is 2.23 bits per heavy atom. The van der Waals surface area contributed by atoms with E-state index < -0.39 is 11.8 Å². The van der Waals surface area contributed by atoms with Crippen molar-refractivity contribution in [3.63, 3.8) is 0 Å². The maximum atomic E-state index is 13.6. The molecule has 1 aliphatic heterocycles. The molecule has 3 aromatic rings. The first-order chi connectivity index (χ1) is 14.9. The summed E-state index contributed by atoms with van der Waals surface area (Å²) in [7, 11) is 3.37. The topological polar surface area (TPSA) is 49.9 Å². The van der Waals surface area contributed by atoms with E-state index in [0.29, 0.717) is 33.3 Å². The second kappa shape index (κ2) is 8.28. The molecule has 0 bridgehead atoms. The van der Waals surface area contributed by atoms with Gasteiger partial charge in [-0.05, 0) is 54.4 Å². The molecule has 1 aliphatic rings. The summed E-state index contributed by atoms with van der Waals surface area (Å²) in [6.07, 6.45) is 0. The van der Waals surface area contributed by atoms with Crippen molar-refractivity contribution in [1.29, 1.82) is 0 Å². The molecule has 2 amide bonds. The molecule has 0 radical (unpaired) electrons. The van der Waals surface area contributed by atoms with E-state index in [-0.39, 0.29) is 0 Å². The van der Waals surface area contributed by atoms with Gasteiger partial charge in [0.15, 0.2) is 0 Å². The third-order valence-electron chi connectivity index (χ3n) is 5.33. The van der Waals surface area contributed by atoms with Crippen LogP contribution in [-0.4, -0.2) is 26.0 Å². The van der Waals surface area contributed by atoms with Gasteiger partial charge in [-0.1, -0.05) is 48.0 Å². The van der Waals surface area contributed by atoms with Crippen molar-refractivity contribution < 1.29 is 14.3 Å². The number of hydrogen-bond donors (Lipinski definition) is 0. The molecule has 3 aromatic carbocycles. The second-order valence-corrected chi connectivity index (χ2v) is 7.66. The smallest absolute Gasteiger partial charge is 0.282 e. The number of rotatable bonds is 5. The van der Waals surface area contributed by atoms with Crippen LogP contribution in [0.15, 0.2) is 78.5 Å². The first kappa shape index (κ1) is 20.7. The molecule has 0 unspecified atom stereocenters. The Kier molecular flexibility index (Phi) is 5.53. The standard InChI is InChI=1S/C25H21ClN2O3/c1-16-9-12-18(26)15-21(16)28-24(29)22(17-10-13-20(31-3)14-11-17)23(25(28)30)27(2)19-7-5-4-6-8-19/h4-15H,1-3H3. The normalized spacial score (nSPS) is 13.7. The number of likely N-dealkylation sites (N-methyl/N-ethyl adjacent to an activating group) is 1. The quantitative estimate of drug-likeness (QED) is 0.528. The van der Waals surface area contributed by atoms with Crippen LogP contribution in [0.1, 0.15) is 11.1 Å². The summed E-state index contributed by atoms with van der Waals surface area (Å²) in [6, 6.07) is 21.8. The number of methoxy groups -OCH3 is 1. The van der Waals surface area contributed by atoms with Crippen molar-refractivity contribution in [3.05, 3.63) is 94.6 Å². The van der Waals surface area contributed by atoms with Crippen molar-refractivity contribution in [2.24, 2.45) is 0 Å². The van der Waals surface area contributed by atoms with E-state index in [4.69, 9.17) is 16.3 Å². The van der Waals surface area contributed by atoms with Crippen molar-refractivity contribution in [3.8, 4) is 5.75 Å². The van der Waals surface area contributed by atoms with Gasteiger partial charge in [0.25, 0.3) is 11.8 Å². The van der Waals surface area contributed by atoms with Crippen LogP contribution in [-0.2, 0) is 9.59 Å². The second-order valence-electron chi connectivity index (χ2n) is 7.22. The van der Waals surface area contributed by atoms with Gasteiger partial charge in [0.2, 0.25) is 0 Å². The summed E-state index contributed by atoms with van der Waals surface area (Å²) in [5, 5.41) is 0.456. The number of nitrogens with zero attached hydrogens (tertiary/aromatic N) is 2. The van der Waals surface area contributed by atoms with Gasteiger partial charge >= 0.3 is 0 Å². The molecule has 6 heteroatoms. The molecule has 4 rings (SSSR count). The number of ether oxygens (including phenoxy) is 1. The summed E-state index contributed by atoms with van der Waals surface area (Å²) in [4.78, 5) is 30.2. The monoisotopic (exact) mass is 432 g/mol. The van der Waals surface area contributed by atoms with Gasteiger partial charge in [0, 0.05) is 17.8 Å². The van der Waals surface area contributed by atoms with Crippen LogP contribution < -0.4 is 14.5 Å². The zero-order chi connectivity index (χ0) is 22.1. The van der Waals surface area contributed by atoms with Gasteiger partial charge in [-0.2, -0.15) is 0 Å². The molecular weight excluding hydrogens is 412 g/mol. The minimum Gasteiger partial charge on any atom is -0.497 e. The molecule has 156 valence electrons. The Hall–Kier alpha value is -3.57. The minimum absolute atomic E-state index is 0.306. The molecule has 0 saturated heterocycles. The first-order valence-corrected chi connectivity index (χ1v) is 10.1. The Bertz CT molecular complexity index is 1190. The average Bonchev–Trinajstić information content (AvgIpc) is 3.05. The largest absolute Gasteiger partial charge is 0.497 e. The molecule has 1 heterocycles. The summed E-state index contributed by atoms with van der Waals surface area (Å²) in [5.74, 6) is -0.118. The van der Waals surface area contributed by atoms with Gasteiger partial charge in [-0.25, -0.2) is 4.90 Å². The van der Waals surface area contributed by atoms with Crippen molar-refractivity contribution in [2.75, 3.05) is 24.0 Å². The van der Waals surface area contributed by atoms with E-state index in [1.807, 2.05) is 37.3 Å². The van der Waals surface area contributed by atoms with Crippen LogP contribution in [0.2, 0.25) is 5.02 Å². The highest BCUT2D eigenvalue weighted by atomic mass is 35.5. The van der Waals surface area contributed by atoms with E-state index >= 15 is 0 Å². The summed E-state index contributed by atoms with van der Waals surface area (Å²) in [6.45, 7) is 1.85. The van der Waals surface area contributed by atoms with Gasteiger partial charge in [-0.3, -0.25) is 9.59 Å². The molecule has 0 aliphatic carbocycles. The number of carbonyl (C=O) groups excluding carboxylic acids is 2. The summed E-state index contributed by atoms with van der Waals surface area (Å²) in [5.41, 5.74) is 3.33. The fourth-order valence-corrected chi connectivity index (χ4v) is 3.84. The van der Waals surface area contributed by atoms with Crippen molar-refractivity contribution in [1.82, 2.24) is 0 Å². The Morgan fingerprint density at radius 1 is 0.903 bits per heavy atom. The number of amides is 2. The molecule has 0 atom stereocenters. The number of carbonyl (C=O) groups is 2. The number of imide groups is 1. The van der Waals surface area contributed by atoms with Crippen molar-refractivity contribution in [2.45, 2.75) is 6.92 Å². The lowest BCUT2D eigenvalue weighted by Crippen LogP contribution is -2.34. The SMILES string of the molecule is COc1ccc(C2=C(N(C)c3ccccc3)C(=O)N(c3cc(Cl)ccc3C)C2=O)cc1. The maximum absolute atomic E-state index is 13.6. The lowest BCUT2D eigenvalue weighted by molar-refractivity contribution is -0.120. The van der Waals surface area contributed by atoms with Crippen LogP contribution in [0.25, 0.3) is 5.57 Å². The number of anilines is 2. The van der Waals surface area contributed by atoms with Crippen LogP contribution in [0, 0.1) is 6.92 Å². The summed E-state index contributed by atoms with van der Waals surface area (Å²) < 4.78 is 5.24. The first-order valence-electron chi connectivity index (χ1n) is 9.74. The lowest BCUT2D eigenvalue weighted by atomic mass is 10.0.